The summed E-state index contributed by atoms with van der Waals surface area (Å²) in [6.07, 6.45) is 11.5. The quantitative estimate of drug-likeness (QED) is 0.0792. The summed E-state index contributed by atoms with van der Waals surface area (Å²) in [6, 6.07) is 7.35. The predicted molar refractivity (Wildman–Crippen MR) is 257 cm³/mol. The van der Waals surface area contributed by atoms with Crippen molar-refractivity contribution in [3.8, 4) is 22.8 Å². The minimum Gasteiger partial charge on any atom is -0.361 e. The molecule has 2 aliphatic carbocycles. The number of piperidine rings is 1. The van der Waals surface area contributed by atoms with Gasteiger partial charge in [0, 0.05) is 59.3 Å². The summed E-state index contributed by atoms with van der Waals surface area (Å²) in [5, 5.41) is 15.2. The Morgan fingerprint density at radius 3 is 1.66 bits per heavy atom. The average molecular weight is 960 g/mol. The smallest absolute Gasteiger partial charge is 0.279 e. The summed E-state index contributed by atoms with van der Waals surface area (Å²) in [4.78, 5) is 21.4. The van der Waals surface area contributed by atoms with E-state index in [9.17, 15) is 16.8 Å². The van der Waals surface area contributed by atoms with Crippen molar-refractivity contribution in [2.45, 2.75) is 116 Å². The maximum absolute atomic E-state index is 12.5. The number of rotatable bonds is 15. The molecule has 62 heavy (non-hydrogen) atoms. The number of nitrogens with zero attached hydrogens (tertiary/aromatic N) is 5. The van der Waals surface area contributed by atoms with Crippen LogP contribution in [0.4, 0.5) is 10.3 Å². The first-order valence-corrected chi connectivity index (χ1v) is 28.1. The van der Waals surface area contributed by atoms with Gasteiger partial charge in [-0.2, -0.15) is 12.7 Å². The summed E-state index contributed by atoms with van der Waals surface area (Å²) in [6.45, 7) is 13.5. The summed E-state index contributed by atoms with van der Waals surface area (Å²) >= 11 is 6.67. The van der Waals surface area contributed by atoms with Gasteiger partial charge in [-0.05, 0) is 129 Å². The minimum absolute atomic E-state index is 0.332. The highest BCUT2D eigenvalue weighted by Gasteiger charge is 2.28. The van der Waals surface area contributed by atoms with E-state index in [1.807, 2.05) is 32.9 Å². The standard InChI is InChI=1S/C22H28N4O2S3.C21H33N5O2S3/c1-14-4-10-19(11-5-14)31(27,28)23-12-17-6-8-18(9-7-17)25-22-26-20(13-29-22)21-15(2)30-16(3)24-21;1-15-20(24-16(2)30-15)19-14-29-21(25-19)22-12-17-6-8-18(9-7-17)13-23-31(27,28)26-10-4-3-5-11-26/h4-5,10-11,13,17-18,23H,6-9,12H2,1-3H3,(H,25,26);14,17-18,23H,3-13H2,1-2H3,(H,22,25). The lowest BCUT2D eigenvalue weighted by molar-refractivity contribution is 0.280. The van der Waals surface area contributed by atoms with Crippen LogP contribution < -0.4 is 20.1 Å². The van der Waals surface area contributed by atoms with Crippen LogP contribution in [0.1, 0.15) is 96.0 Å². The van der Waals surface area contributed by atoms with Crippen LogP contribution in [-0.2, 0) is 20.2 Å². The van der Waals surface area contributed by atoms with Gasteiger partial charge in [0.1, 0.15) is 22.8 Å². The van der Waals surface area contributed by atoms with Gasteiger partial charge in [-0.1, -0.05) is 24.1 Å². The van der Waals surface area contributed by atoms with Crippen molar-refractivity contribution in [2.24, 2.45) is 17.8 Å². The molecule has 4 aromatic heterocycles. The zero-order chi connectivity index (χ0) is 43.9. The molecule has 0 unspecified atom stereocenters. The Morgan fingerprint density at radius 2 is 1.11 bits per heavy atom. The molecule has 0 atom stereocenters. The molecule has 0 bridgehead atoms. The normalized spacial score (nSPS) is 21.3. The second-order valence-electron chi connectivity index (χ2n) is 17.0. The molecule has 1 aliphatic heterocycles. The molecule has 338 valence electrons. The third-order valence-corrected chi connectivity index (χ3v) is 18.4. The summed E-state index contributed by atoms with van der Waals surface area (Å²) in [5.74, 6) is 1.43. The van der Waals surface area contributed by atoms with Gasteiger partial charge in [0.05, 0.1) is 14.9 Å². The zero-order valence-electron chi connectivity index (χ0n) is 36.4. The van der Waals surface area contributed by atoms with Crippen molar-refractivity contribution in [1.82, 2.24) is 33.7 Å². The number of benzene rings is 1. The average Bonchev–Trinajstić information content (AvgIpc) is 4.07. The van der Waals surface area contributed by atoms with Gasteiger partial charge < -0.3 is 10.6 Å². The molecule has 5 aromatic rings. The summed E-state index contributed by atoms with van der Waals surface area (Å²) < 4.78 is 57.2. The Balaban J connectivity index is 0.000000186. The van der Waals surface area contributed by atoms with Crippen molar-refractivity contribution in [2.75, 3.05) is 43.4 Å². The first kappa shape index (κ1) is 47.1. The SMILES string of the molecule is Cc1ccc(S(=O)(=O)NCC2CCC(Nc3nc(-c4nc(C)sc4C)cs3)CC2)cc1.Cc1nc(-c2csc(NCC3CCC(CNS(=O)(=O)N4CCCCC4)CC3)n2)c(C)s1. The molecule has 19 heteroatoms. The Kier molecular flexibility index (Phi) is 16.3. The van der Waals surface area contributed by atoms with E-state index in [-0.39, 0.29) is 0 Å². The van der Waals surface area contributed by atoms with Gasteiger partial charge in [-0.15, -0.1) is 45.3 Å². The highest BCUT2D eigenvalue weighted by Crippen LogP contribution is 2.34. The van der Waals surface area contributed by atoms with Gasteiger partial charge in [0.15, 0.2) is 10.3 Å². The molecule has 8 rings (SSSR count). The van der Waals surface area contributed by atoms with Crippen LogP contribution in [-0.4, -0.2) is 79.8 Å². The van der Waals surface area contributed by atoms with Crippen molar-refractivity contribution in [1.29, 1.82) is 0 Å². The number of anilines is 2. The molecule has 1 aromatic carbocycles. The number of sulfonamides is 1. The van der Waals surface area contributed by atoms with Crippen LogP contribution in [0, 0.1) is 52.4 Å². The van der Waals surface area contributed by atoms with E-state index in [1.54, 1.807) is 61.8 Å². The summed E-state index contributed by atoms with van der Waals surface area (Å²) in [7, 11) is -6.75. The van der Waals surface area contributed by atoms with Crippen LogP contribution in [0.5, 0.6) is 0 Å². The molecule has 0 radical (unpaired) electrons. The van der Waals surface area contributed by atoms with Crippen LogP contribution in [0.3, 0.4) is 0 Å². The minimum atomic E-state index is -3.44. The predicted octanol–water partition coefficient (Wildman–Crippen LogP) is 9.56. The van der Waals surface area contributed by atoms with E-state index in [1.165, 1.54) is 9.75 Å². The van der Waals surface area contributed by atoms with E-state index < -0.39 is 20.2 Å². The highest BCUT2D eigenvalue weighted by molar-refractivity contribution is 7.89. The Labute approximate surface area is 384 Å². The van der Waals surface area contributed by atoms with Gasteiger partial charge in [-0.25, -0.2) is 37.8 Å². The first-order chi connectivity index (χ1) is 29.7. The number of aromatic nitrogens is 4. The second-order valence-corrected chi connectivity index (χ2v) is 25.0. The molecule has 3 aliphatic rings. The maximum Gasteiger partial charge on any atom is 0.279 e. The lowest BCUT2D eigenvalue weighted by atomic mass is 9.82. The molecule has 1 saturated heterocycles. The lowest BCUT2D eigenvalue weighted by Gasteiger charge is -2.30. The lowest BCUT2D eigenvalue weighted by Crippen LogP contribution is -2.45. The zero-order valence-corrected chi connectivity index (χ0v) is 41.3. The van der Waals surface area contributed by atoms with Gasteiger partial charge in [0.2, 0.25) is 10.0 Å². The topological polar surface area (TPSA) is 171 Å². The third-order valence-electron chi connectivity index (χ3n) is 12.1. The van der Waals surface area contributed by atoms with E-state index in [0.29, 0.717) is 54.9 Å². The fraction of sp³-hybridized carbons (Fsp3) is 0.581. The molecule has 0 spiro atoms. The van der Waals surface area contributed by atoms with Crippen molar-refractivity contribution < 1.29 is 16.8 Å². The van der Waals surface area contributed by atoms with Crippen molar-refractivity contribution >= 4 is 75.8 Å². The van der Waals surface area contributed by atoms with E-state index in [2.05, 4.69) is 54.7 Å². The largest absolute Gasteiger partial charge is 0.361 e. The molecule has 2 saturated carbocycles. The van der Waals surface area contributed by atoms with E-state index in [4.69, 9.17) is 9.97 Å². The number of thiazole rings is 4. The monoisotopic (exact) mass is 959 g/mol. The molecular formula is C43H61N9O4S6. The second kappa shape index (κ2) is 21.4. The molecule has 4 N–H and O–H groups in total. The number of aryl methyl sites for hydroxylation is 5. The highest BCUT2D eigenvalue weighted by atomic mass is 32.2. The van der Waals surface area contributed by atoms with E-state index >= 15 is 0 Å². The van der Waals surface area contributed by atoms with Gasteiger partial charge >= 0.3 is 0 Å². The van der Waals surface area contributed by atoms with Gasteiger partial charge in [-0.3, -0.25) is 0 Å². The Morgan fingerprint density at radius 1 is 0.613 bits per heavy atom. The summed E-state index contributed by atoms with van der Waals surface area (Å²) in [5.41, 5.74) is 4.93. The van der Waals surface area contributed by atoms with Crippen molar-refractivity contribution in [3.05, 3.63) is 60.4 Å². The fourth-order valence-corrected chi connectivity index (χ4v) is 14.1. The molecule has 0 amide bonds. The third kappa shape index (κ3) is 12.9. The number of hydrogen-bond donors (Lipinski definition) is 4. The molecule has 13 nitrogen and oxygen atoms in total. The first-order valence-electron chi connectivity index (χ1n) is 21.8. The number of hydrogen-bond acceptors (Lipinski definition) is 14. The number of nitrogens with one attached hydrogen (secondary N) is 4. The van der Waals surface area contributed by atoms with Gasteiger partial charge in [0.25, 0.3) is 10.2 Å². The Bertz CT molecular complexity index is 2420. The van der Waals surface area contributed by atoms with Crippen molar-refractivity contribution in [3.63, 3.8) is 0 Å². The van der Waals surface area contributed by atoms with Crippen LogP contribution in [0.15, 0.2) is 39.9 Å². The van der Waals surface area contributed by atoms with Crippen LogP contribution in [0.2, 0.25) is 0 Å². The van der Waals surface area contributed by atoms with Crippen LogP contribution in [0.25, 0.3) is 22.8 Å². The molecular weight excluding hydrogens is 899 g/mol. The molecule has 3 fully saturated rings. The fourth-order valence-electron chi connectivity index (χ4n) is 8.45. The molecule has 5 heterocycles. The Hall–Kier alpha value is -2.88. The maximum atomic E-state index is 12.5. The van der Waals surface area contributed by atoms with E-state index in [0.717, 1.165) is 126 Å². The van der Waals surface area contributed by atoms with Crippen LogP contribution >= 0.6 is 45.3 Å².